The van der Waals surface area contributed by atoms with Crippen molar-refractivity contribution in [1.29, 1.82) is 0 Å². The Morgan fingerprint density at radius 1 is 0.900 bits per heavy atom. The van der Waals surface area contributed by atoms with Crippen LogP contribution in [0.4, 0.5) is 5.82 Å². The summed E-state index contributed by atoms with van der Waals surface area (Å²) in [5.41, 5.74) is 7.65. The number of hydrogen-bond acceptors (Lipinski definition) is 5. The van der Waals surface area contributed by atoms with E-state index in [1.54, 1.807) is 6.33 Å². The van der Waals surface area contributed by atoms with Crippen molar-refractivity contribution in [2.45, 2.75) is 0 Å². The molecule has 2 aromatic heterocycles. The molecule has 4 aromatic rings. The second-order valence-corrected chi connectivity index (χ2v) is 8.01. The number of likely N-dealkylation sites (N-methyl/N-ethyl adjacent to an activating group) is 1. The minimum absolute atomic E-state index is 0.713. The zero-order valence-electron chi connectivity index (χ0n) is 16.8. The lowest BCUT2D eigenvalue weighted by Crippen LogP contribution is -2.47. The van der Waals surface area contributed by atoms with E-state index in [1.165, 1.54) is 0 Å². The summed E-state index contributed by atoms with van der Waals surface area (Å²) in [7, 11) is 2.15. The lowest BCUT2D eigenvalue weighted by atomic mass is 10.1. The first-order chi connectivity index (χ1) is 14.7. The summed E-state index contributed by atoms with van der Waals surface area (Å²) in [6.45, 7) is 3.94. The molecule has 0 aliphatic carbocycles. The quantitative estimate of drug-likeness (QED) is 0.535. The number of fused-ring (bicyclic) bond motifs is 1. The molecule has 0 radical (unpaired) electrons. The van der Waals surface area contributed by atoms with E-state index in [0.29, 0.717) is 5.02 Å². The number of nitrogens with zero attached hydrogens (tertiary/aromatic N) is 5. The van der Waals surface area contributed by atoms with Crippen molar-refractivity contribution >= 4 is 28.5 Å². The van der Waals surface area contributed by atoms with Crippen molar-refractivity contribution in [1.82, 2.24) is 24.4 Å². The van der Waals surface area contributed by atoms with Gasteiger partial charge in [0, 0.05) is 48.6 Å². The fourth-order valence-corrected chi connectivity index (χ4v) is 3.98. The number of hydrazine groups is 1. The van der Waals surface area contributed by atoms with Gasteiger partial charge in [0.1, 0.15) is 6.33 Å². The number of anilines is 1. The molecule has 5 rings (SSSR count). The van der Waals surface area contributed by atoms with Gasteiger partial charge in [-0.05, 0) is 36.9 Å². The monoisotopic (exact) mass is 418 g/mol. The normalized spacial score (nSPS) is 15.5. The maximum absolute atomic E-state index is 6.11. The molecule has 0 amide bonds. The molecule has 0 spiro atoms. The molecule has 1 N–H and O–H groups in total. The van der Waals surface area contributed by atoms with Crippen LogP contribution in [0.15, 0.2) is 67.1 Å². The highest BCUT2D eigenvalue weighted by atomic mass is 35.5. The molecule has 1 aliphatic heterocycles. The van der Waals surface area contributed by atoms with Crippen LogP contribution in [0.1, 0.15) is 0 Å². The van der Waals surface area contributed by atoms with Crippen LogP contribution in [0.5, 0.6) is 0 Å². The fourth-order valence-electron chi connectivity index (χ4n) is 3.85. The van der Waals surface area contributed by atoms with Gasteiger partial charge in [0.2, 0.25) is 0 Å². The van der Waals surface area contributed by atoms with E-state index < -0.39 is 0 Å². The average molecular weight is 419 g/mol. The standard InChI is InChI=1S/C23H23ClN6/c1-28-11-13-29(14-12-28)27-22-21-20(17-5-3-2-4-6-17)15-30(23(21)26-16-25-22)19-9-7-18(24)8-10-19/h2-10,15-16H,11-14H2,1H3,(H,25,26,27). The van der Waals surface area contributed by atoms with Crippen molar-refractivity contribution in [2.75, 3.05) is 38.7 Å². The van der Waals surface area contributed by atoms with Crippen molar-refractivity contribution < 1.29 is 0 Å². The van der Waals surface area contributed by atoms with Gasteiger partial charge < -0.3 is 14.9 Å². The van der Waals surface area contributed by atoms with E-state index in [9.17, 15) is 0 Å². The third-order valence-corrected chi connectivity index (χ3v) is 5.79. The van der Waals surface area contributed by atoms with Crippen LogP contribution in [0, 0.1) is 0 Å². The summed E-state index contributed by atoms with van der Waals surface area (Å²) in [5.74, 6) is 0.830. The Morgan fingerprint density at radius 3 is 2.37 bits per heavy atom. The number of rotatable bonds is 4. The summed E-state index contributed by atoms with van der Waals surface area (Å²) >= 11 is 6.11. The van der Waals surface area contributed by atoms with Crippen molar-refractivity contribution in [2.24, 2.45) is 0 Å². The maximum atomic E-state index is 6.11. The molecule has 0 saturated carbocycles. The molecule has 6 nitrogen and oxygen atoms in total. The van der Waals surface area contributed by atoms with Gasteiger partial charge in [-0.15, -0.1) is 0 Å². The molecule has 0 atom stereocenters. The number of aromatic nitrogens is 3. The second kappa shape index (κ2) is 8.07. The molecule has 1 fully saturated rings. The molecular formula is C23H23ClN6. The van der Waals surface area contributed by atoms with E-state index in [0.717, 1.165) is 59.8 Å². The van der Waals surface area contributed by atoms with E-state index in [4.69, 9.17) is 11.6 Å². The minimum atomic E-state index is 0.713. The van der Waals surface area contributed by atoms with Gasteiger partial charge in [0.05, 0.1) is 5.39 Å². The summed E-state index contributed by atoms with van der Waals surface area (Å²) in [5, 5.41) is 3.96. The summed E-state index contributed by atoms with van der Waals surface area (Å²) in [4.78, 5) is 11.6. The first kappa shape index (κ1) is 19.1. The Hall–Kier alpha value is -2.93. The Kier molecular flexibility index (Phi) is 5.12. The zero-order valence-corrected chi connectivity index (χ0v) is 17.5. The first-order valence-electron chi connectivity index (χ1n) is 10.1. The van der Waals surface area contributed by atoms with E-state index in [2.05, 4.69) is 67.4 Å². The molecule has 2 aromatic carbocycles. The summed E-state index contributed by atoms with van der Waals surface area (Å²) in [6, 6.07) is 18.2. The summed E-state index contributed by atoms with van der Waals surface area (Å²) < 4.78 is 2.10. The highest BCUT2D eigenvalue weighted by Gasteiger charge is 2.20. The SMILES string of the molecule is CN1CCN(Nc2ncnc3c2c(-c2ccccc2)cn3-c2ccc(Cl)cc2)CC1. The van der Waals surface area contributed by atoms with Gasteiger partial charge in [-0.1, -0.05) is 41.9 Å². The van der Waals surface area contributed by atoms with Crippen LogP contribution in [0.3, 0.4) is 0 Å². The topological polar surface area (TPSA) is 49.2 Å². The summed E-state index contributed by atoms with van der Waals surface area (Å²) in [6.07, 6.45) is 3.76. The molecule has 30 heavy (non-hydrogen) atoms. The molecular weight excluding hydrogens is 396 g/mol. The van der Waals surface area contributed by atoms with E-state index in [-0.39, 0.29) is 0 Å². The second-order valence-electron chi connectivity index (χ2n) is 7.58. The van der Waals surface area contributed by atoms with Crippen LogP contribution in [-0.2, 0) is 0 Å². The fraction of sp³-hybridized carbons (Fsp3) is 0.217. The molecule has 0 unspecified atom stereocenters. The van der Waals surface area contributed by atoms with Gasteiger partial charge in [-0.25, -0.2) is 15.0 Å². The maximum Gasteiger partial charge on any atom is 0.153 e. The van der Waals surface area contributed by atoms with Crippen LogP contribution < -0.4 is 5.43 Å². The van der Waals surface area contributed by atoms with Crippen LogP contribution >= 0.6 is 11.6 Å². The van der Waals surface area contributed by atoms with Crippen LogP contribution in [0.25, 0.3) is 27.8 Å². The lowest BCUT2D eigenvalue weighted by Gasteiger charge is -2.32. The Bertz CT molecular complexity index is 1150. The Labute approximate surface area is 180 Å². The van der Waals surface area contributed by atoms with Crippen LogP contribution in [-0.4, -0.2) is 57.7 Å². The Morgan fingerprint density at radius 2 is 1.63 bits per heavy atom. The van der Waals surface area contributed by atoms with Gasteiger partial charge in [-0.3, -0.25) is 0 Å². The minimum Gasteiger partial charge on any atom is -0.304 e. The van der Waals surface area contributed by atoms with E-state index in [1.807, 2.05) is 30.3 Å². The number of piperazine rings is 1. The predicted molar refractivity (Wildman–Crippen MR) is 122 cm³/mol. The largest absolute Gasteiger partial charge is 0.304 e. The smallest absolute Gasteiger partial charge is 0.153 e. The lowest BCUT2D eigenvalue weighted by molar-refractivity contribution is 0.178. The Balaban J connectivity index is 1.65. The molecule has 0 bridgehead atoms. The zero-order chi connectivity index (χ0) is 20.5. The average Bonchev–Trinajstić information content (AvgIpc) is 3.17. The molecule has 1 saturated heterocycles. The number of halogens is 1. The highest BCUT2D eigenvalue weighted by Crippen LogP contribution is 2.35. The van der Waals surface area contributed by atoms with Gasteiger partial charge in [0.15, 0.2) is 11.5 Å². The van der Waals surface area contributed by atoms with Gasteiger partial charge >= 0.3 is 0 Å². The number of benzene rings is 2. The first-order valence-corrected chi connectivity index (χ1v) is 10.4. The third kappa shape index (κ3) is 3.65. The van der Waals surface area contributed by atoms with Crippen molar-refractivity contribution in [3.63, 3.8) is 0 Å². The number of hydrogen-bond donors (Lipinski definition) is 1. The number of nitrogens with one attached hydrogen (secondary N) is 1. The van der Waals surface area contributed by atoms with Crippen LogP contribution in [0.2, 0.25) is 5.02 Å². The highest BCUT2D eigenvalue weighted by molar-refractivity contribution is 6.30. The molecule has 7 heteroatoms. The third-order valence-electron chi connectivity index (χ3n) is 5.54. The molecule has 3 heterocycles. The van der Waals surface area contributed by atoms with Gasteiger partial charge in [-0.2, -0.15) is 0 Å². The van der Waals surface area contributed by atoms with Crippen molar-refractivity contribution in [3.8, 4) is 16.8 Å². The molecule has 152 valence electrons. The van der Waals surface area contributed by atoms with Gasteiger partial charge in [0.25, 0.3) is 0 Å². The molecule has 1 aliphatic rings. The predicted octanol–water partition coefficient (Wildman–Crippen LogP) is 4.32. The van der Waals surface area contributed by atoms with Crippen molar-refractivity contribution in [3.05, 3.63) is 72.1 Å². The van der Waals surface area contributed by atoms with E-state index >= 15 is 0 Å².